The summed E-state index contributed by atoms with van der Waals surface area (Å²) in [4.78, 5) is 2.38. The Balaban J connectivity index is 1.52. The molecule has 2 rings (SSSR count). The van der Waals surface area contributed by atoms with Gasteiger partial charge < -0.3 is 15.0 Å². The van der Waals surface area contributed by atoms with Crippen LogP contribution in [0, 0.1) is 5.92 Å². The molecule has 0 aliphatic heterocycles. The maximum Gasteiger partial charge on any atom is 0.0964 e. The summed E-state index contributed by atoms with van der Waals surface area (Å²) in [5.41, 5.74) is 0.990. The molecule has 1 aliphatic carbocycles. The van der Waals surface area contributed by atoms with E-state index in [0.29, 0.717) is 12.5 Å². The predicted molar refractivity (Wildman–Crippen MR) is 83.0 cm³/mol. The third-order valence-corrected chi connectivity index (χ3v) is 3.67. The second-order valence-electron chi connectivity index (χ2n) is 6.32. The molecule has 21 heavy (non-hydrogen) atoms. The lowest BCUT2D eigenvalue weighted by Crippen LogP contribution is -2.25. The molecule has 1 saturated carbocycles. The highest BCUT2D eigenvalue weighted by Gasteiger charge is 2.25. The normalized spacial score (nSPS) is 15.3. The van der Waals surface area contributed by atoms with Gasteiger partial charge in [0.1, 0.15) is 0 Å². The summed E-state index contributed by atoms with van der Waals surface area (Å²) in [6.07, 6.45) is 4.69. The SMILES string of the molecule is CC(C)CNCc1cn(CCOCCN(C)C2CC2)nn1. The Morgan fingerprint density at radius 3 is 2.95 bits per heavy atom. The van der Waals surface area contributed by atoms with Crippen LogP contribution in [-0.4, -0.2) is 59.3 Å². The van der Waals surface area contributed by atoms with E-state index in [1.165, 1.54) is 12.8 Å². The van der Waals surface area contributed by atoms with E-state index in [2.05, 4.69) is 41.4 Å². The predicted octanol–water partition coefficient (Wildman–Crippen LogP) is 1.13. The molecule has 120 valence electrons. The number of aromatic nitrogens is 3. The summed E-state index contributed by atoms with van der Waals surface area (Å²) in [6, 6.07) is 0.810. The highest BCUT2D eigenvalue weighted by molar-refractivity contribution is 4.91. The monoisotopic (exact) mass is 295 g/mol. The van der Waals surface area contributed by atoms with Gasteiger partial charge in [-0.15, -0.1) is 5.10 Å². The smallest absolute Gasteiger partial charge is 0.0964 e. The number of hydrogen-bond acceptors (Lipinski definition) is 5. The lowest BCUT2D eigenvalue weighted by atomic mass is 10.2. The van der Waals surface area contributed by atoms with Gasteiger partial charge in [-0.2, -0.15) is 0 Å². The highest BCUT2D eigenvalue weighted by Crippen LogP contribution is 2.24. The van der Waals surface area contributed by atoms with Gasteiger partial charge in [0.2, 0.25) is 0 Å². The fourth-order valence-corrected chi connectivity index (χ4v) is 2.18. The van der Waals surface area contributed by atoms with Crippen LogP contribution in [0.1, 0.15) is 32.4 Å². The third-order valence-electron chi connectivity index (χ3n) is 3.67. The molecule has 1 aliphatic rings. The average molecular weight is 295 g/mol. The quantitative estimate of drug-likeness (QED) is 0.620. The van der Waals surface area contributed by atoms with Crippen molar-refractivity contribution in [3.63, 3.8) is 0 Å². The maximum atomic E-state index is 5.66. The molecule has 1 heterocycles. The van der Waals surface area contributed by atoms with Gasteiger partial charge in [-0.25, -0.2) is 4.68 Å². The maximum absolute atomic E-state index is 5.66. The minimum Gasteiger partial charge on any atom is -0.378 e. The number of likely N-dealkylation sites (N-methyl/N-ethyl adjacent to an activating group) is 1. The fourth-order valence-electron chi connectivity index (χ4n) is 2.18. The molecule has 0 aromatic carbocycles. The lowest BCUT2D eigenvalue weighted by Gasteiger charge is -2.15. The summed E-state index contributed by atoms with van der Waals surface area (Å²) in [6.45, 7) is 9.46. The van der Waals surface area contributed by atoms with Crippen molar-refractivity contribution in [1.82, 2.24) is 25.2 Å². The second kappa shape index (κ2) is 8.46. The van der Waals surface area contributed by atoms with E-state index in [1.807, 2.05) is 10.9 Å². The van der Waals surface area contributed by atoms with Crippen molar-refractivity contribution in [2.75, 3.05) is 33.4 Å². The first-order valence-electron chi connectivity index (χ1n) is 8.03. The molecule has 0 spiro atoms. The van der Waals surface area contributed by atoms with E-state index in [9.17, 15) is 0 Å². The molecule has 0 atom stereocenters. The number of hydrogen-bond donors (Lipinski definition) is 1. The van der Waals surface area contributed by atoms with Gasteiger partial charge in [-0.05, 0) is 32.4 Å². The molecule has 0 amide bonds. The molecular weight excluding hydrogens is 266 g/mol. The molecule has 0 bridgehead atoms. The molecule has 1 N–H and O–H groups in total. The Bertz CT molecular complexity index is 403. The van der Waals surface area contributed by atoms with Crippen molar-refractivity contribution in [3.8, 4) is 0 Å². The van der Waals surface area contributed by atoms with E-state index in [4.69, 9.17) is 4.74 Å². The Kier molecular flexibility index (Phi) is 6.60. The molecule has 1 aromatic rings. The summed E-state index contributed by atoms with van der Waals surface area (Å²) < 4.78 is 7.52. The lowest BCUT2D eigenvalue weighted by molar-refractivity contribution is 0.101. The van der Waals surface area contributed by atoms with E-state index in [-0.39, 0.29) is 0 Å². The fraction of sp³-hybridized carbons (Fsp3) is 0.867. The zero-order valence-electron chi connectivity index (χ0n) is 13.6. The standard InChI is InChI=1S/C15H29N5O/c1-13(2)10-16-11-14-12-20(18-17-14)7-9-21-8-6-19(3)15-4-5-15/h12-13,15-16H,4-11H2,1-3H3. The summed E-state index contributed by atoms with van der Waals surface area (Å²) in [5.74, 6) is 0.655. The van der Waals surface area contributed by atoms with Crippen LogP contribution in [0.15, 0.2) is 6.20 Å². The Morgan fingerprint density at radius 1 is 1.43 bits per heavy atom. The van der Waals surface area contributed by atoms with Crippen molar-refractivity contribution >= 4 is 0 Å². The van der Waals surface area contributed by atoms with Crippen molar-refractivity contribution in [2.24, 2.45) is 5.92 Å². The van der Waals surface area contributed by atoms with Gasteiger partial charge in [0.15, 0.2) is 0 Å². The minimum atomic E-state index is 0.655. The molecular formula is C15H29N5O. The largest absolute Gasteiger partial charge is 0.378 e. The Morgan fingerprint density at radius 2 is 2.24 bits per heavy atom. The van der Waals surface area contributed by atoms with Gasteiger partial charge in [0.25, 0.3) is 0 Å². The molecule has 6 nitrogen and oxygen atoms in total. The third kappa shape index (κ3) is 6.54. The molecule has 0 saturated heterocycles. The second-order valence-corrected chi connectivity index (χ2v) is 6.32. The van der Waals surface area contributed by atoms with Crippen molar-refractivity contribution in [1.29, 1.82) is 0 Å². The summed E-state index contributed by atoms with van der Waals surface area (Å²) >= 11 is 0. The Labute approximate surface area is 127 Å². The van der Waals surface area contributed by atoms with Crippen molar-refractivity contribution < 1.29 is 4.74 Å². The first-order chi connectivity index (χ1) is 10.1. The molecule has 0 unspecified atom stereocenters. The summed E-state index contributed by atoms with van der Waals surface area (Å²) in [7, 11) is 2.18. The summed E-state index contributed by atoms with van der Waals surface area (Å²) in [5, 5.41) is 11.6. The van der Waals surface area contributed by atoms with Crippen LogP contribution in [0.2, 0.25) is 0 Å². The van der Waals surface area contributed by atoms with E-state index < -0.39 is 0 Å². The van der Waals surface area contributed by atoms with Crippen molar-refractivity contribution in [2.45, 2.75) is 45.8 Å². The molecule has 0 radical (unpaired) electrons. The van der Waals surface area contributed by atoms with Gasteiger partial charge in [0.05, 0.1) is 25.5 Å². The number of ether oxygens (including phenoxy) is 1. The van der Waals surface area contributed by atoms with Crippen LogP contribution in [-0.2, 0) is 17.8 Å². The first kappa shape index (κ1) is 16.4. The first-order valence-corrected chi connectivity index (χ1v) is 8.03. The minimum absolute atomic E-state index is 0.655. The van der Waals surface area contributed by atoms with Crippen LogP contribution >= 0.6 is 0 Å². The molecule has 1 fully saturated rings. The molecule has 1 aromatic heterocycles. The van der Waals surface area contributed by atoms with Crippen LogP contribution in [0.3, 0.4) is 0 Å². The van der Waals surface area contributed by atoms with Gasteiger partial charge in [0, 0.05) is 25.3 Å². The van der Waals surface area contributed by atoms with Crippen molar-refractivity contribution in [3.05, 3.63) is 11.9 Å². The van der Waals surface area contributed by atoms with Gasteiger partial charge in [-0.1, -0.05) is 19.1 Å². The zero-order chi connectivity index (χ0) is 15.1. The molecule has 6 heteroatoms. The van der Waals surface area contributed by atoms with E-state index in [0.717, 1.165) is 44.5 Å². The van der Waals surface area contributed by atoms with Crippen LogP contribution in [0.4, 0.5) is 0 Å². The van der Waals surface area contributed by atoms with Crippen LogP contribution in [0.5, 0.6) is 0 Å². The Hall–Kier alpha value is -0.980. The van der Waals surface area contributed by atoms with E-state index >= 15 is 0 Å². The topological polar surface area (TPSA) is 55.2 Å². The van der Waals surface area contributed by atoms with Crippen LogP contribution < -0.4 is 5.32 Å². The number of nitrogens with one attached hydrogen (secondary N) is 1. The average Bonchev–Trinajstić information content (AvgIpc) is 3.20. The highest BCUT2D eigenvalue weighted by atomic mass is 16.5. The van der Waals surface area contributed by atoms with E-state index in [1.54, 1.807) is 0 Å². The van der Waals surface area contributed by atoms with Crippen LogP contribution in [0.25, 0.3) is 0 Å². The number of rotatable bonds is 11. The number of nitrogens with zero attached hydrogens (tertiary/aromatic N) is 4. The zero-order valence-corrected chi connectivity index (χ0v) is 13.6. The van der Waals surface area contributed by atoms with Gasteiger partial charge >= 0.3 is 0 Å². The van der Waals surface area contributed by atoms with Gasteiger partial charge in [-0.3, -0.25) is 0 Å².